The molecule has 2 nitrogen and oxygen atoms in total. The molecule has 2 heteroatoms. The highest BCUT2D eigenvalue weighted by atomic mass is 16.3. The maximum Gasteiger partial charge on any atom is 0.144 e. The molecular weight excluding hydrogens is 631 g/mol. The van der Waals surface area contributed by atoms with E-state index in [1.807, 2.05) is 0 Å². The molecule has 0 radical (unpaired) electrons. The van der Waals surface area contributed by atoms with Gasteiger partial charge in [0.15, 0.2) is 0 Å². The van der Waals surface area contributed by atoms with Gasteiger partial charge in [-0.1, -0.05) is 141 Å². The van der Waals surface area contributed by atoms with Crippen molar-refractivity contribution in [2.24, 2.45) is 5.92 Å². The van der Waals surface area contributed by atoms with Gasteiger partial charge in [-0.15, -0.1) is 0 Å². The third-order valence-corrected chi connectivity index (χ3v) is 11.6. The van der Waals surface area contributed by atoms with E-state index >= 15 is 0 Å². The third kappa shape index (κ3) is 4.12. The second-order valence-electron chi connectivity index (χ2n) is 14.8. The van der Waals surface area contributed by atoms with Crippen LogP contribution in [0.5, 0.6) is 0 Å². The molecule has 0 unspecified atom stereocenters. The van der Waals surface area contributed by atoms with Crippen LogP contribution < -0.4 is 4.90 Å². The smallest absolute Gasteiger partial charge is 0.144 e. The Morgan fingerprint density at radius 2 is 1.29 bits per heavy atom. The standard InChI is InChI=1S/C50H35NO/c1-50(2)42-28-26-35(51(33-19-10-5-11-20-33)34-25-27-38-40(29-34)44(38)32-17-8-4-9-18-32)30-41(42)47-48(50)39-22-13-12-21-37(39)46-45-36(31-15-6-3-7-16-31)23-14-24-43(45)52-49(46)47/h3-30,38H,1-2H3/t38-/m1/s1. The van der Waals surface area contributed by atoms with Crippen molar-refractivity contribution < 1.29 is 4.42 Å². The Hall–Kier alpha value is -6.38. The van der Waals surface area contributed by atoms with Crippen molar-refractivity contribution in [2.75, 3.05) is 4.90 Å². The zero-order valence-electron chi connectivity index (χ0n) is 29.1. The van der Waals surface area contributed by atoms with Crippen molar-refractivity contribution in [3.05, 3.63) is 198 Å². The van der Waals surface area contributed by atoms with Crippen LogP contribution >= 0.6 is 0 Å². The van der Waals surface area contributed by atoms with E-state index in [1.54, 1.807) is 0 Å². The van der Waals surface area contributed by atoms with Crippen LogP contribution in [0.3, 0.4) is 0 Å². The quantitative estimate of drug-likeness (QED) is 0.182. The predicted molar refractivity (Wildman–Crippen MR) is 217 cm³/mol. The summed E-state index contributed by atoms with van der Waals surface area (Å²) in [6.07, 6.45) is 7.06. The third-order valence-electron chi connectivity index (χ3n) is 11.6. The number of hydrogen-bond acceptors (Lipinski definition) is 2. The molecule has 0 spiro atoms. The van der Waals surface area contributed by atoms with E-state index in [2.05, 4.69) is 189 Å². The lowest BCUT2D eigenvalue weighted by Crippen LogP contribution is -2.18. The molecule has 1 heterocycles. The van der Waals surface area contributed by atoms with E-state index in [-0.39, 0.29) is 5.41 Å². The van der Waals surface area contributed by atoms with Crippen LogP contribution in [0.4, 0.5) is 11.4 Å². The fourth-order valence-electron chi connectivity index (χ4n) is 9.23. The Kier molecular flexibility index (Phi) is 6.10. The van der Waals surface area contributed by atoms with Gasteiger partial charge in [0, 0.05) is 44.7 Å². The molecule has 0 saturated heterocycles. The van der Waals surface area contributed by atoms with Crippen LogP contribution in [0.2, 0.25) is 0 Å². The van der Waals surface area contributed by atoms with Gasteiger partial charge in [-0.25, -0.2) is 0 Å². The SMILES string of the molecule is CC1(C)c2ccc(N(C3=CC4=C(c5ccccc5)[C@@H]4C=C3)c3ccccc3)cc2-c2c1c1ccccc1c1c2oc2cccc(-c3ccccc3)c21. The Morgan fingerprint density at radius 1 is 0.596 bits per heavy atom. The van der Waals surface area contributed by atoms with Gasteiger partial charge in [0.25, 0.3) is 0 Å². The number of rotatable bonds is 5. The molecule has 1 atom stereocenters. The lowest BCUT2D eigenvalue weighted by atomic mass is 9.79. The number of anilines is 2. The van der Waals surface area contributed by atoms with Crippen molar-refractivity contribution in [1.29, 1.82) is 0 Å². The van der Waals surface area contributed by atoms with Gasteiger partial charge >= 0.3 is 0 Å². The van der Waals surface area contributed by atoms with E-state index in [0.717, 1.165) is 22.5 Å². The minimum Gasteiger partial charge on any atom is -0.455 e. The van der Waals surface area contributed by atoms with Gasteiger partial charge in [-0.3, -0.25) is 0 Å². The van der Waals surface area contributed by atoms with Crippen molar-refractivity contribution >= 4 is 49.7 Å². The van der Waals surface area contributed by atoms with Gasteiger partial charge in [0.2, 0.25) is 0 Å². The molecule has 0 bridgehead atoms. The maximum absolute atomic E-state index is 7.05. The fourth-order valence-corrected chi connectivity index (χ4v) is 9.23. The minimum absolute atomic E-state index is 0.226. The highest BCUT2D eigenvalue weighted by molar-refractivity contribution is 6.27. The first-order valence-corrected chi connectivity index (χ1v) is 18.2. The average molecular weight is 666 g/mol. The topological polar surface area (TPSA) is 16.4 Å². The summed E-state index contributed by atoms with van der Waals surface area (Å²) in [7, 11) is 0. The predicted octanol–water partition coefficient (Wildman–Crippen LogP) is 13.4. The highest BCUT2D eigenvalue weighted by Crippen LogP contribution is 2.58. The first-order chi connectivity index (χ1) is 25.6. The molecule has 3 aliphatic rings. The molecule has 246 valence electrons. The zero-order chi connectivity index (χ0) is 34.6. The molecule has 52 heavy (non-hydrogen) atoms. The van der Waals surface area contributed by atoms with E-state index < -0.39 is 0 Å². The van der Waals surface area contributed by atoms with E-state index in [4.69, 9.17) is 4.42 Å². The lowest BCUT2D eigenvalue weighted by molar-refractivity contribution is 0.658. The molecule has 7 aromatic carbocycles. The summed E-state index contributed by atoms with van der Waals surface area (Å²) in [5, 5.41) is 4.89. The molecule has 0 fully saturated rings. The van der Waals surface area contributed by atoms with E-state index in [1.165, 1.54) is 77.3 Å². The number of nitrogens with zero attached hydrogens (tertiary/aromatic N) is 1. The number of benzene rings is 7. The Bertz CT molecular complexity index is 2850. The second kappa shape index (κ2) is 10.8. The molecular formula is C50H35NO. The van der Waals surface area contributed by atoms with Gasteiger partial charge in [-0.2, -0.15) is 0 Å². The van der Waals surface area contributed by atoms with Crippen molar-refractivity contribution in [3.63, 3.8) is 0 Å². The summed E-state index contributed by atoms with van der Waals surface area (Å²) in [5.74, 6) is 0.395. The van der Waals surface area contributed by atoms with Gasteiger partial charge in [0.05, 0.1) is 0 Å². The molecule has 8 aromatic rings. The van der Waals surface area contributed by atoms with Crippen molar-refractivity contribution in [1.82, 2.24) is 0 Å². The summed E-state index contributed by atoms with van der Waals surface area (Å²) in [5.41, 5.74) is 16.7. The summed E-state index contributed by atoms with van der Waals surface area (Å²) in [6.45, 7) is 4.75. The monoisotopic (exact) mass is 665 g/mol. The largest absolute Gasteiger partial charge is 0.455 e. The Balaban J connectivity index is 1.17. The number of hydrogen-bond donors (Lipinski definition) is 0. The van der Waals surface area contributed by atoms with Crippen LogP contribution in [0.1, 0.15) is 30.5 Å². The summed E-state index contributed by atoms with van der Waals surface area (Å²) >= 11 is 0. The van der Waals surface area contributed by atoms with Gasteiger partial charge in [0.1, 0.15) is 11.2 Å². The first-order valence-electron chi connectivity index (χ1n) is 18.2. The Labute approximate surface area is 303 Å². The summed E-state index contributed by atoms with van der Waals surface area (Å²) in [4.78, 5) is 2.41. The van der Waals surface area contributed by atoms with Crippen LogP contribution in [-0.2, 0) is 5.41 Å². The second-order valence-corrected chi connectivity index (χ2v) is 14.8. The average Bonchev–Trinajstić information content (AvgIpc) is 3.69. The summed E-state index contributed by atoms with van der Waals surface area (Å²) < 4.78 is 7.05. The molecule has 11 rings (SSSR count). The maximum atomic E-state index is 7.05. The number of para-hydroxylation sites is 1. The van der Waals surface area contributed by atoms with Crippen molar-refractivity contribution in [2.45, 2.75) is 19.3 Å². The molecule has 0 amide bonds. The normalized spacial score (nSPS) is 16.6. The van der Waals surface area contributed by atoms with E-state index in [9.17, 15) is 0 Å². The fraction of sp³-hybridized carbons (Fsp3) is 0.0800. The van der Waals surface area contributed by atoms with Crippen LogP contribution in [0.25, 0.3) is 60.5 Å². The van der Waals surface area contributed by atoms with E-state index in [0.29, 0.717) is 5.92 Å². The van der Waals surface area contributed by atoms with Gasteiger partial charge in [-0.05, 0) is 97.8 Å². The molecule has 1 aromatic heterocycles. The van der Waals surface area contributed by atoms with Crippen LogP contribution in [0, 0.1) is 5.92 Å². The molecule has 3 aliphatic carbocycles. The first kappa shape index (κ1) is 29.4. The molecule has 0 saturated carbocycles. The zero-order valence-corrected chi connectivity index (χ0v) is 29.1. The highest BCUT2D eigenvalue weighted by Gasteiger charge is 2.41. The van der Waals surface area contributed by atoms with Crippen LogP contribution in [0.15, 0.2) is 186 Å². The number of fused-ring (bicyclic) bond motifs is 11. The van der Waals surface area contributed by atoms with Crippen molar-refractivity contribution in [3.8, 4) is 22.3 Å². The number of furan rings is 1. The lowest BCUT2D eigenvalue weighted by Gasteiger charge is -2.28. The Morgan fingerprint density at radius 3 is 2.06 bits per heavy atom. The van der Waals surface area contributed by atoms with Crippen LogP contribution in [-0.4, -0.2) is 0 Å². The molecule has 0 aliphatic heterocycles. The molecule has 0 N–H and O–H groups in total. The van der Waals surface area contributed by atoms with Gasteiger partial charge < -0.3 is 9.32 Å². The number of allylic oxidation sites excluding steroid dienone is 5. The minimum atomic E-state index is -0.226. The summed E-state index contributed by atoms with van der Waals surface area (Å²) in [6, 6.07) is 54.8.